The van der Waals surface area contributed by atoms with Gasteiger partial charge in [-0.05, 0) is 29.4 Å². The van der Waals surface area contributed by atoms with Crippen molar-refractivity contribution in [3.63, 3.8) is 0 Å². The summed E-state index contributed by atoms with van der Waals surface area (Å²) in [6.07, 6.45) is 1.32. The fourth-order valence-corrected chi connectivity index (χ4v) is 4.50. The van der Waals surface area contributed by atoms with E-state index >= 15 is 0 Å². The van der Waals surface area contributed by atoms with Crippen molar-refractivity contribution in [2.24, 2.45) is 0 Å². The number of fused-ring (bicyclic) bond motifs is 5. The van der Waals surface area contributed by atoms with Crippen LogP contribution in [0, 0.1) is 0 Å². The zero-order valence-corrected chi connectivity index (χ0v) is 10.3. The van der Waals surface area contributed by atoms with Crippen LogP contribution in [0.1, 0.15) is 29.4 Å². The van der Waals surface area contributed by atoms with Crippen LogP contribution in [0.25, 0.3) is 0 Å². The third-order valence-corrected chi connectivity index (χ3v) is 6.50. The summed E-state index contributed by atoms with van der Waals surface area (Å²) in [4.78, 5) is 1.26. The van der Waals surface area contributed by atoms with Crippen molar-refractivity contribution in [2.75, 3.05) is 0 Å². The maximum Gasteiger partial charge on any atom is 0.0345 e. The molecular formula is C11H10Br2. The first kappa shape index (κ1) is 8.49. The second-order valence-electron chi connectivity index (χ2n) is 3.97. The van der Waals surface area contributed by atoms with Gasteiger partial charge in [-0.2, -0.15) is 0 Å². The fourth-order valence-electron chi connectivity index (χ4n) is 2.76. The van der Waals surface area contributed by atoms with Gasteiger partial charge in [-0.15, -0.1) is 0 Å². The molecule has 0 unspecified atom stereocenters. The Balaban J connectivity index is 2.16. The Morgan fingerprint density at radius 1 is 0.923 bits per heavy atom. The van der Waals surface area contributed by atoms with E-state index in [-0.39, 0.29) is 0 Å². The van der Waals surface area contributed by atoms with Gasteiger partial charge in [0.25, 0.3) is 0 Å². The van der Waals surface area contributed by atoms with E-state index in [0.717, 1.165) is 11.8 Å². The highest BCUT2D eigenvalue weighted by Gasteiger charge is 2.48. The van der Waals surface area contributed by atoms with Crippen LogP contribution in [-0.4, -0.2) is 9.65 Å². The lowest BCUT2D eigenvalue weighted by Gasteiger charge is -2.24. The quantitative estimate of drug-likeness (QED) is 0.640. The average molecular weight is 302 g/mol. The third-order valence-electron chi connectivity index (χ3n) is 3.38. The molecule has 0 spiro atoms. The molecule has 0 aliphatic heterocycles. The lowest BCUT2D eigenvalue weighted by molar-refractivity contribution is 0.771. The molecule has 1 fully saturated rings. The highest BCUT2D eigenvalue weighted by molar-refractivity contribution is 9.12. The number of benzene rings is 1. The van der Waals surface area contributed by atoms with Gasteiger partial charge in [0.1, 0.15) is 0 Å². The number of rotatable bonds is 0. The summed E-state index contributed by atoms with van der Waals surface area (Å²) >= 11 is 7.57. The molecule has 3 rings (SSSR count). The van der Waals surface area contributed by atoms with Crippen LogP contribution in [0.5, 0.6) is 0 Å². The number of hydrogen-bond donors (Lipinski definition) is 0. The summed E-state index contributed by atoms with van der Waals surface area (Å²) in [5, 5.41) is 0. The van der Waals surface area contributed by atoms with E-state index in [9.17, 15) is 0 Å². The molecule has 2 bridgehead atoms. The first-order valence-corrected chi connectivity index (χ1v) is 6.49. The predicted molar refractivity (Wildman–Crippen MR) is 62.0 cm³/mol. The van der Waals surface area contributed by atoms with Gasteiger partial charge in [0, 0.05) is 9.65 Å². The van der Waals surface area contributed by atoms with Crippen LogP contribution in [0.3, 0.4) is 0 Å². The standard InChI is InChI=1S/C11H10Br2/c12-10-8-5-9(11(10)13)7-4-2-1-3-6(7)8/h1-4,8-11H,5H2/t8-,9+,10+,11-. The molecule has 4 atom stereocenters. The molecule has 0 amide bonds. The Morgan fingerprint density at radius 2 is 1.38 bits per heavy atom. The van der Waals surface area contributed by atoms with Crippen molar-refractivity contribution in [1.82, 2.24) is 0 Å². The van der Waals surface area contributed by atoms with Crippen molar-refractivity contribution in [3.8, 4) is 0 Å². The Bertz CT molecular complexity index is 315. The van der Waals surface area contributed by atoms with Gasteiger partial charge in [0.15, 0.2) is 0 Å². The molecule has 68 valence electrons. The van der Waals surface area contributed by atoms with E-state index in [1.165, 1.54) is 6.42 Å². The zero-order valence-electron chi connectivity index (χ0n) is 7.08. The van der Waals surface area contributed by atoms with E-state index < -0.39 is 0 Å². The van der Waals surface area contributed by atoms with Crippen molar-refractivity contribution in [3.05, 3.63) is 35.4 Å². The van der Waals surface area contributed by atoms with Gasteiger partial charge >= 0.3 is 0 Å². The van der Waals surface area contributed by atoms with E-state index in [2.05, 4.69) is 56.1 Å². The van der Waals surface area contributed by atoms with E-state index in [1.54, 1.807) is 11.1 Å². The summed E-state index contributed by atoms with van der Waals surface area (Å²) in [6.45, 7) is 0. The average Bonchev–Trinajstić information content (AvgIpc) is 2.66. The second-order valence-corrected chi connectivity index (χ2v) is 6.08. The largest absolute Gasteiger partial charge is 0.0872 e. The van der Waals surface area contributed by atoms with Crippen LogP contribution in [0.15, 0.2) is 24.3 Å². The van der Waals surface area contributed by atoms with Crippen molar-refractivity contribution in [1.29, 1.82) is 0 Å². The Kier molecular flexibility index (Phi) is 1.85. The van der Waals surface area contributed by atoms with Gasteiger partial charge in [-0.3, -0.25) is 0 Å². The molecule has 2 heteroatoms. The van der Waals surface area contributed by atoms with E-state index in [1.807, 2.05) is 0 Å². The monoisotopic (exact) mass is 300 g/mol. The Hall–Kier alpha value is 0.180. The molecule has 0 radical (unpaired) electrons. The maximum atomic E-state index is 3.78. The topological polar surface area (TPSA) is 0 Å². The lowest BCUT2D eigenvalue weighted by Crippen LogP contribution is -2.21. The normalized spacial score (nSPS) is 40.8. The van der Waals surface area contributed by atoms with Crippen LogP contribution in [0.2, 0.25) is 0 Å². The van der Waals surface area contributed by atoms with Crippen LogP contribution < -0.4 is 0 Å². The minimum absolute atomic E-state index is 0.632. The maximum absolute atomic E-state index is 3.78. The summed E-state index contributed by atoms with van der Waals surface area (Å²) in [6, 6.07) is 8.88. The predicted octanol–water partition coefficient (Wildman–Crippen LogP) is 3.80. The highest BCUT2D eigenvalue weighted by atomic mass is 79.9. The minimum Gasteiger partial charge on any atom is -0.0872 e. The van der Waals surface area contributed by atoms with Gasteiger partial charge in [-0.1, -0.05) is 56.1 Å². The first-order valence-electron chi connectivity index (χ1n) is 4.66. The molecule has 0 saturated heterocycles. The van der Waals surface area contributed by atoms with Crippen LogP contribution in [-0.2, 0) is 0 Å². The van der Waals surface area contributed by atoms with Crippen molar-refractivity contribution < 1.29 is 0 Å². The smallest absolute Gasteiger partial charge is 0.0345 e. The SMILES string of the molecule is Br[C@@H]1[C@H](Br)[C@H]2C[C@@H]1c1ccccc12. The summed E-state index contributed by atoms with van der Waals surface area (Å²) < 4.78 is 0. The Labute approximate surface area is 95.0 Å². The minimum atomic E-state index is 0.632. The second kappa shape index (κ2) is 2.83. The molecule has 1 aromatic rings. The molecule has 1 aromatic carbocycles. The molecular weight excluding hydrogens is 292 g/mol. The number of halogens is 2. The molecule has 2 aliphatic carbocycles. The molecule has 1 saturated carbocycles. The third kappa shape index (κ3) is 1.02. The molecule has 0 nitrogen and oxygen atoms in total. The zero-order chi connectivity index (χ0) is 9.00. The van der Waals surface area contributed by atoms with E-state index in [0.29, 0.717) is 9.65 Å². The van der Waals surface area contributed by atoms with Crippen molar-refractivity contribution in [2.45, 2.75) is 27.9 Å². The summed E-state index contributed by atoms with van der Waals surface area (Å²) in [7, 11) is 0. The Morgan fingerprint density at radius 3 is 1.85 bits per heavy atom. The first-order chi connectivity index (χ1) is 6.29. The molecule has 2 aliphatic rings. The van der Waals surface area contributed by atoms with Gasteiger partial charge in [-0.25, -0.2) is 0 Å². The molecule has 0 heterocycles. The highest BCUT2D eigenvalue weighted by Crippen LogP contribution is 2.57. The van der Waals surface area contributed by atoms with Gasteiger partial charge in [0.2, 0.25) is 0 Å². The lowest BCUT2D eigenvalue weighted by atomic mass is 9.92. The van der Waals surface area contributed by atoms with Crippen LogP contribution >= 0.6 is 31.9 Å². The fraction of sp³-hybridized carbons (Fsp3) is 0.455. The van der Waals surface area contributed by atoms with E-state index in [4.69, 9.17) is 0 Å². The number of alkyl halides is 2. The molecule has 0 aromatic heterocycles. The summed E-state index contributed by atoms with van der Waals surface area (Å²) in [5.41, 5.74) is 3.15. The van der Waals surface area contributed by atoms with Gasteiger partial charge in [0.05, 0.1) is 0 Å². The van der Waals surface area contributed by atoms with Crippen molar-refractivity contribution >= 4 is 31.9 Å². The number of hydrogen-bond acceptors (Lipinski definition) is 0. The molecule has 0 N–H and O–H groups in total. The molecule has 13 heavy (non-hydrogen) atoms. The summed E-state index contributed by atoms with van der Waals surface area (Å²) in [5.74, 6) is 1.48. The van der Waals surface area contributed by atoms with Crippen LogP contribution in [0.4, 0.5) is 0 Å². The van der Waals surface area contributed by atoms with Gasteiger partial charge < -0.3 is 0 Å².